The first-order chi connectivity index (χ1) is 11.4. The maximum atomic E-state index is 10.9. The van der Waals surface area contributed by atoms with E-state index in [0.29, 0.717) is 28.4 Å². The van der Waals surface area contributed by atoms with Crippen molar-refractivity contribution in [3.05, 3.63) is 44.2 Å². The number of hydrogen-bond donors (Lipinski definition) is 1. The minimum Gasteiger partial charge on any atom is -0.493 e. The third kappa shape index (κ3) is 3.22. The third-order valence-electron chi connectivity index (χ3n) is 3.59. The fourth-order valence-corrected chi connectivity index (χ4v) is 3.19. The van der Waals surface area contributed by atoms with E-state index in [1.165, 1.54) is 27.5 Å². The van der Waals surface area contributed by atoms with Gasteiger partial charge < -0.3 is 19.3 Å². The van der Waals surface area contributed by atoms with Crippen LogP contribution in [-0.4, -0.2) is 31.4 Å². The molecule has 130 valence electrons. The molecule has 0 saturated heterocycles. The van der Waals surface area contributed by atoms with Crippen LogP contribution in [0.5, 0.6) is 17.2 Å². The van der Waals surface area contributed by atoms with E-state index in [2.05, 4.69) is 4.98 Å². The van der Waals surface area contributed by atoms with Gasteiger partial charge in [-0.1, -0.05) is 34.8 Å². The minimum absolute atomic E-state index is 0.0483. The molecule has 0 fully saturated rings. The highest BCUT2D eigenvalue weighted by Crippen LogP contribution is 2.47. The summed E-state index contributed by atoms with van der Waals surface area (Å²) in [5, 5.41) is 11.2. The summed E-state index contributed by atoms with van der Waals surface area (Å²) in [5.41, 5.74) is 1.39. The number of rotatable bonds is 5. The summed E-state index contributed by atoms with van der Waals surface area (Å²) in [4.78, 5) is 3.86. The number of aliphatic hydroxyl groups is 1. The van der Waals surface area contributed by atoms with Gasteiger partial charge in [-0.05, 0) is 18.6 Å². The summed E-state index contributed by atoms with van der Waals surface area (Å²) in [6, 6.07) is 1.73. The van der Waals surface area contributed by atoms with E-state index in [1.807, 2.05) is 0 Å². The quantitative estimate of drug-likeness (QED) is 0.761. The van der Waals surface area contributed by atoms with Crippen LogP contribution in [-0.2, 0) is 0 Å². The molecule has 0 spiro atoms. The van der Waals surface area contributed by atoms with Crippen LogP contribution in [0.2, 0.25) is 15.2 Å². The molecule has 0 radical (unpaired) electrons. The monoisotopic (exact) mass is 391 g/mol. The van der Waals surface area contributed by atoms with Gasteiger partial charge in [0.25, 0.3) is 0 Å². The van der Waals surface area contributed by atoms with Gasteiger partial charge in [0.2, 0.25) is 5.75 Å². The molecule has 0 amide bonds. The number of nitrogens with zero attached hydrogens (tertiary/aromatic N) is 1. The number of benzene rings is 1. The lowest BCUT2D eigenvalue weighted by atomic mass is 9.96. The molecule has 0 aliphatic carbocycles. The van der Waals surface area contributed by atoms with Gasteiger partial charge in [0.15, 0.2) is 11.5 Å². The fourth-order valence-electron chi connectivity index (χ4n) is 2.49. The molecule has 1 aromatic carbocycles. The molecule has 8 heteroatoms. The van der Waals surface area contributed by atoms with Gasteiger partial charge in [-0.15, -0.1) is 0 Å². The van der Waals surface area contributed by atoms with Crippen LogP contribution in [0.15, 0.2) is 12.3 Å². The largest absolute Gasteiger partial charge is 0.493 e. The van der Waals surface area contributed by atoms with Crippen molar-refractivity contribution in [3.63, 3.8) is 0 Å². The molecule has 1 atom stereocenters. The first-order valence-corrected chi connectivity index (χ1v) is 7.97. The Morgan fingerprint density at radius 1 is 1.00 bits per heavy atom. The van der Waals surface area contributed by atoms with Gasteiger partial charge in [0.1, 0.15) is 11.3 Å². The third-order valence-corrected chi connectivity index (χ3v) is 4.66. The Labute approximate surface area is 155 Å². The van der Waals surface area contributed by atoms with Crippen molar-refractivity contribution in [2.24, 2.45) is 0 Å². The highest BCUT2D eigenvalue weighted by atomic mass is 35.5. The standard InChI is InChI=1S/C16H16Cl3NO4/c1-7-5-9(22-2)14(23-3)15(24-4)10(7)13(21)11-8(17)6-20-16(19)12(11)18/h5-6,13,21H,1-4H3. The highest BCUT2D eigenvalue weighted by molar-refractivity contribution is 6.43. The van der Waals surface area contributed by atoms with Gasteiger partial charge in [-0.2, -0.15) is 0 Å². The molecule has 0 saturated carbocycles. The molecule has 0 aliphatic heterocycles. The summed E-state index contributed by atoms with van der Waals surface area (Å²) in [7, 11) is 4.47. The van der Waals surface area contributed by atoms with Crippen molar-refractivity contribution >= 4 is 34.8 Å². The number of pyridine rings is 1. The van der Waals surface area contributed by atoms with Crippen LogP contribution < -0.4 is 14.2 Å². The molecule has 2 rings (SSSR count). The average Bonchev–Trinajstić information content (AvgIpc) is 2.56. The molecule has 1 aromatic heterocycles. The zero-order valence-corrected chi connectivity index (χ0v) is 15.8. The number of methoxy groups -OCH3 is 3. The maximum absolute atomic E-state index is 10.9. The lowest BCUT2D eigenvalue weighted by Gasteiger charge is -2.23. The molecular weight excluding hydrogens is 377 g/mol. The van der Waals surface area contributed by atoms with Crippen LogP contribution in [0, 0.1) is 6.92 Å². The highest BCUT2D eigenvalue weighted by Gasteiger charge is 2.28. The number of aromatic nitrogens is 1. The number of ether oxygens (including phenoxy) is 3. The number of halogens is 3. The van der Waals surface area contributed by atoms with E-state index in [0.717, 1.165) is 0 Å². The van der Waals surface area contributed by atoms with Crippen molar-refractivity contribution < 1.29 is 19.3 Å². The molecule has 24 heavy (non-hydrogen) atoms. The van der Waals surface area contributed by atoms with Gasteiger partial charge in [0, 0.05) is 17.3 Å². The van der Waals surface area contributed by atoms with Crippen LogP contribution in [0.1, 0.15) is 22.8 Å². The number of aliphatic hydroxyl groups excluding tert-OH is 1. The summed E-state index contributed by atoms with van der Waals surface area (Å²) < 4.78 is 16.1. The Morgan fingerprint density at radius 2 is 1.62 bits per heavy atom. The number of aryl methyl sites for hydroxylation is 1. The Hall–Kier alpha value is -1.40. The Bertz CT molecular complexity index is 768. The second kappa shape index (κ2) is 7.66. The fraction of sp³-hybridized carbons (Fsp3) is 0.312. The van der Waals surface area contributed by atoms with E-state index in [1.54, 1.807) is 13.0 Å². The van der Waals surface area contributed by atoms with Crippen LogP contribution in [0.4, 0.5) is 0 Å². The molecule has 5 nitrogen and oxygen atoms in total. The van der Waals surface area contributed by atoms with Crippen molar-refractivity contribution in [2.75, 3.05) is 21.3 Å². The van der Waals surface area contributed by atoms with E-state index in [9.17, 15) is 5.11 Å². The SMILES string of the molecule is COc1cc(C)c(C(O)c2c(Cl)cnc(Cl)c2Cl)c(OC)c1OC. The normalized spacial score (nSPS) is 12.0. The minimum atomic E-state index is -1.19. The average molecular weight is 393 g/mol. The van der Waals surface area contributed by atoms with Crippen molar-refractivity contribution in [1.29, 1.82) is 0 Å². The first kappa shape index (κ1) is 18.9. The Morgan fingerprint density at radius 3 is 2.17 bits per heavy atom. The zero-order valence-electron chi connectivity index (χ0n) is 13.5. The summed E-state index contributed by atoms with van der Waals surface area (Å²) in [5.74, 6) is 1.15. The predicted molar refractivity (Wildman–Crippen MR) is 94.2 cm³/mol. The maximum Gasteiger partial charge on any atom is 0.203 e. The lowest BCUT2D eigenvalue weighted by molar-refractivity contribution is 0.211. The summed E-state index contributed by atoms with van der Waals surface area (Å²) in [6.45, 7) is 1.80. The second-order valence-corrected chi connectivity index (χ2v) is 6.05. The van der Waals surface area contributed by atoms with E-state index >= 15 is 0 Å². The topological polar surface area (TPSA) is 60.8 Å². The number of hydrogen-bond acceptors (Lipinski definition) is 5. The smallest absolute Gasteiger partial charge is 0.203 e. The second-order valence-electron chi connectivity index (χ2n) is 4.90. The summed E-state index contributed by atoms with van der Waals surface area (Å²) in [6.07, 6.45) is 0.136. The molecule has 1 heterocycles. The van der Waals surface area contributed by atoms with Gasteiger partial charge in [-0.3, -0.25) is 0 Å². The van der Waals surface area contributed by atoms with Crippen LogP contribution in [0.3, 0.4) is 0 Å². The first-order valence-electron chi connectivity index (χ1n) is 6.84. The Balaban J connectivity index is 2.75. The molecular formula is C16H16Cl3NO4. The lowest BCUT2D eigenvalue weighted by Crippen LogP contribution is -2.09. The van der Waals surface area contributed by atoms with Gasteiger partial charge >= 0.3 is 0 Å². The van der Waals surface area contributed by atoms with Gasteiger partial charge in [-0.25, -0.2) is 4.98 Å². The van der Waals surface area contributed by atoms with E-state index in [-0.39, 0.29) is 20.8 Å². The van der Waals surface area contributed by atoms with Crippen molar-refractivity contribution in [1.82, 2.24) is 4.98 Å². The van der Waals surface area contributed by atoms with Crippen LogP contribution >= 0.6 is 34.8 Å². The van der Waals surface area contributed by atoms with Crippen molar-refractivity contribution in [2.45, 2.75) is 13.0 Å². The summed E-state index contributed by atoms with van der Waals surface area (Å²) >= 11 is 18.3. The van der Waals surface area contributed by atoms with E-state index in [4.69, 9.17) is 49.0 Å². The molecule has 1 N–H and O–H groups in total. The van der Waals surface area contributed by atoms with E-state index < -0.39 is 6.10 Å². The molecule has 2 aromatic rings. The Kier molecular flexibility index (Phi) is 6.04. The van der Waals surface area contributed by atoms with Crippen molar-refractivity contribution in [3.8, 4) is 17.2 Å². The molecule has 0 aliphatic rings. The molecule has 0 bridgehead atoms. The van der Waals surface area contributed by atoms with Crippen LogP contribution in [0.25, 0.3) is 0 Å². The predicted octanol–water partition coefficient (Wildman–Crippen LogP) is 4.46. The zero-order chi connectivity index (χ0) is 18.0. The molecule has 1 unspecified atom stereocenters. The van der Waals surface area contributed by atoms with Gasteiger partial charge in [0.05, 0.1) is 31.4 Å².